The van der Waals surface area contributed by atoms with Gasteiger partial charge in [-0.15, -0.1) is 0 Å². The molecule has 0 aliphatic rings. The van der Waals surface area contributed by atoms with E-state index in [-0.39, 0.29) is 28.2 Å². The lowest BCUT2D eigenvalue weighted by Gasteiger charge is -2.18. The van der Waals surface area contributed by atoms with E-state index in [2.05, 4.69) is 4.72 Å². The molecule has 0 atom stereocenters. The van der Waals surface area contributed by atoms with Crippen molar-refractivity contribution >= 4 is 44.8 Å². The monoisotopic (exact) mass is 478 g/mol. The third-order valence-electron chi connectivity index (χ3n) is 4.35. The number of anilines is 1. The fourth-order valence-corrected chi connectivity index (χ4v) is 4.20. The van der Waals surface area contributed by atoms with E-state index >= 15 is 0 Å². The van der Waals surface area contributed by atoms with Gasteiger partial charge in [0.1, 0.15) is 5.75 Å². The number of carbonyl (C=O) groups excluding carboxylic acids is 1. The Morgan fingerprint density at radius 2 is 1.68 bits per heavy atom. The number of hydrogen-bond acceptors (Lipinski definition) is 4. The highest BCUT2D eigenvalue weighted by atomic mass is 35.5. The Labute approximate surface area is 191 Å². The summed E-state index contributed by atoms with van der Waals surface area (Å²) in [6, 6.07) is 19.9. The number of nitrogens with zero attached hydrogens (tertiary/aromatic N) is 1. The van der Waals surface area contributed by atoms with Crippen LogP contribution < -0.4 is 9.46 Å². The molecule has 0 unspecified atom stereocenters. The summed E-state index contributed by atoms with van der Waals surface area (Å²) < 4.78 is 33.1. The van der Waals surface area contributed by atoms with Gasteiger partial charge in [-0.3, -0.25) is 9.52 Å². The van der Waals surface area contributed by atoms with Crippen molar-refractivity contribution in [1.82, 2.24) is 4.90 Å². The second-order valence-corrected chi connectivity index (χ2v) is 9.25. The minimum Gasteiger partial charge on any atom is -0.482 e. The van der Waals surface area contributed by atoms with Crippen LogP contribution in [0.15, 0.2) is 77.7 Å². The molecular formula is C22H20Cl2N2O4S. The van der Waals surface area contributed by atoms with Crippen molar-refractivity contribution in [3.05, 3.63) is 88.4 Å². The number of hydrogen-bond donors (Lipinski definition) is 1. The van der Waals surface area contributed by atoms with Gasteiger partial charge in [0.15, 0.2) is 6.61 Å². The van der Waals surface area contributed by atoms with Crippen molar-refractivity contribution in [3.63, 3.8) is 0 Å². The van der Waals surface area contributed by atoms with Crippen LogP contribution in [0, 0.1) is 0 Å². The van der Waals surface area contributed by atoms with Crippen LogP contribution in [0.3, 0.4) is 0 Å². The number of carbonyl (C=O) groups is 1. The Morgan fingerprint density at radius 1 is 1.00 bits per heavy atom. The van der Waals surface area contributed by atoms with Gasteiger partial charge in [-0.05, 0) is 48.0 Å². The molecule has 0 saturated heterocycles. The third kappa shape index (κ3) is 6.37. The number of likely N-dealkylation sites (N-methyl/N-ethyl adjacent to an activating group) is 1. The molecule has 3 aromatic rings. The van der Waals surface area contributed by atoms with E-state index < -0.39 is 10.0 Å². The molecule has 0 saturated carbocycles. The minimum absolute atomic E-state index is 0.0349. The van der Waals surface area contributed by atoms with Crippen molar-refractivity contribution in [2.24, 2.45) is 0 Å². The maximum Gasteiger partial charge on any atom is 0.261 e. The fraction of sp³-hybridized carbons (Fsp3) is 0.136. The molecule has 1 amide bonds. The van der Waals surface area contributed by atoms with Crippen LogP contribution >= 0.6 is 23.2 Å². The normalized spacial score (nSPS) is 11.1. The molecule has 0 aromatic heterocycles. The van der Waals surface area contributed by atoms with Gasteiger partial charge in [-0.1, -0.05) is 53.5 Å². The average molecular weight is 479 g/mol. The van der Waals surface area contributed by atoms with Crippen molar-refractivity contribution in [2.75, 3.05) is 18.4 Å². The van der Waals surface area contributed by atoms with E-state index in [1.54, 1.807) is 31.3 Å². The Morgan fingerprint density at radius 3 is 2.32 bits per heavy atom. The van der Waals surface area contributed by atoms with Crippen molar-refractivity contribution in [3.8, 4) is 5.75 Å². The third-order valence-corrected chi connectivity index (χ3v) is 6.28. The minimum atomic E-state index is -3.85. The Bertz CT molecular complexity index is 1150. The molecule has 3 aromatic carbocycles. The lowest BCUT2D eigenvalue weighted by molar-refractivity contribution is -0.132. The van der Waals surface area contributed by atoms with Gasteiger partial charge < -0.3 is 9.64 Å². The first-order valence-corrected chi connectivity index (χ1v) is 11.5. The van der Waals surface area contributed by atoms with Gasteiger partial charge in [-0.2, -0.15) is 0 Å². The molecule has 0 radical (unpaired) electrons. The summed E-state index contributed by atoms with van der Waals surface area (Å²) in [5.74, 6) is -0.0189. The SMILES string of the molecule is CN(Cc1ccccc1)C(=O)COc1ccc(S(=O)(=O)Nc2ccc(Cl)cc2)cc1Cl. The van der Waals surface area contributed by atoms with E-state index in [4.69, 9.17) is 27.9 Å². The molecule has 3 rings (SSSR count). The van der Waals surface area contributed by atoms with Crippen LogP contribution in [0.1, 0.15) is 5.56 Å². The molecule has 1 N–H and O–H groups in total. The van der Waals surface area contributed by atoms with Crippen LogP contribution in [0.25, 0.3) is 0 Å². The van der Waals surface area contributed by atoms with E-state index in [0.29, 0.717) is 17.3 Å². The molecule has 6 nitrogen and oxygen atoms in total. The van der Waals surface area contributed by atoms with E-state index in [1.807, 2.05) is 30.3 Å². The van der Waals surface area contributed by atoms with Gasteiger partial charge in [0.05, 0.1) is 9.92 Å². The summed E-state index contributed by atoms with van der Waals surface area (Å²) in [7, 11) is -2.17. The predicted octanol–water partition coefficient (Wildman–Crippen LogP) is 4.83. The largest absolute Gasteiger partial charge is 0.482 e. The maximum atomic E-state index is 12.6. The van der Waals surface area contributed by atoms with Gasteiger partial charge >= 0.3 is 0 Å². The first-order chi connectivity index (χ1) is 14.7. The van der Waals surface area contributed by atoms with Crippen LogP contribution in [0.2, 0.25) is 10.0 Å². The first kappa shape index (κ1) is 22.9. The quantitative estimate of drug-likeness (QED) is 0.502. The lowest BCUT2D eigenvalue weighted by Crippen LogP contribution is -2.31. The number of amides is 1. The maximum absolute atomic E-state index is 12.6. The van der Waals surface area contributed by atoms with Crippen molar-refractivity contribution < 1.29 is 17.9 Å². The molecule has 31 heavy (non-hydrogen) atoms. The highest BCUT2D eigenvalue weighted by Crippen LogP contribution is 2.28. The topological polar surface area (TPSA) is 75.7 Å². The summed E-state index contributed by atoms with van der Waals surface area (Å²) in [6.07, 6.45) is 0. The zero-order chi connectivity index (χ0) is 22.4. The van der Waals surface area contributed by atoms with Crippen LogP contribution in [0.4, 0.5) is 5.69 Å². The molecule has 0 spiro atoms. The summed E-state index contributed by atoms with van der Waals surface area (Å²) in [5, 5.41) is 0.578. The second kappa shape index (κ2) is 10.0. The van der Waals surface area contributed by atoms with E-state index in [1.165, 1.54) is 23.1 Å². The number of halogens is 2. The van der Waals surface area contributed by atoms with Crippen LogP contribution in [-0.4, -0.2) is 32.9 Å². The number of rotatable bonds is 8. The van der Waals surface area contributed by atoms with Crippen molar-refractivity contribution in [1.29, 1.82) is 0 Å². The molecule has 162 valence electrons. The fourth-order valence-electron chi connectivity index (χ4n) is 2.69. The summed E-state index contributed by atoms with van der Waals surface area (Å²) >= 11 is 12.0. The first-order valence-electron chi connectivity index (χ1n) is 9.23. The predicted molar refractivity (Wildman–Crippen MR) is 122 cm³/mol. The Kier molecular flexibility index (Phi) is 7.43. The smallest absolute Gasteiger partial charge is 0.261 e. The van der Waals surface area contributed by atoms with E-state index in [0.717, 1.165) is 5.56 Å². The molecule has 9 heteroatoms. The zero-order valence-corrected chi connectivity index (χ0v) is 18.9. The van der Waals surface area contributed by atoms with E-state index in [9.17, 15) is 13.2 Å². The zero-order valence-electron chi connectivity index (χ0n) is 16.6. The average Bonchev–Trinajstić information content (AvgIpc) is 2.74. The van der Waals surface area contributed by atoms with Gasteiger partial charge in [0.2, 0.25) is 0 Å². The second-order valence-electron chi connectivity index (χ2n) is 6.73. The number of benzene rings is 3. The molecule has 0 aliphatic carbocycles. The van der Waals surface area contributed by atoms with Gasteiger partial charge in [0.25, 0.3) is 15.9 Å². The molecular weight excluding hydrogens is 459 g/mol. The number of ether oxygens (including phenoxy) is 1. The van der Waals surface area contributed by atoms with Gasteiger partial charge in [0, 0.05) is 24.3 Å². The lowest BCUT2D eigenvalue weighted by atomic mass is 10.2. The standard InChI is InChI=1S/C22H20Cl2N2O4S/c1-26(14-16-5-3-2-4-6-16)22(27)15-30-21-12-11-19(13-20(21)24)31(28,29)25-18-9-7-17(23)8-10-18/h2-13,25H,14-15H2,1H3. The summed E-state index contributed by atoms with van der Waals surface area (Å²) in [5.41, 5.74) is 1.37. The Hall–Kier alpha value is -2.74. The van der Waals surface area contributed by atoms with Crippen molar-refractivity contribution in [2.45, 2.75) is 11.4 Å². The number of sulfonamides is 1. The molecule has 0 heterocycles. The number of nitrogens with one attached hydrogen (secondary N) is 1. The molecule has 0 aliphatic heterocycles. The summed E-state index contributed by atoms with van der Waals surface area (Å²) in [4.78, 5) is 13.8. The Balaban J connectivity index is 1.62. The van der Waals surface area contributed by atoms with Crippen LogP contribution in [0.5, 0.6) is 5.75 Å². The molecule has 0 fully saturated rings. The highest BCUT2D eigenvalue weighted by molar-refractivity contribution is 7.92. The van der Waals surface area contributed by atoms with Gasteiger partial charge in [-0.25, -0.2) is 8.42 Å². The van der Waals surface area contributed by atoms with Crippen LogP contribution in [-0.2, 0) is 21.4 Å². The summed E-state index contributed by atoms with van der Waals surface area (Å²) in [6.45, 7) is 0.225. The highest BCUT2D eigenvalue weighted by Gasteiger charge is 2.17. The molecule has 0 bridgehead atoms.